The van der Waals surface area contributed by atoms with Crippen LogP contribution in [-0.2, 0) is 6.42 Å². The Hall–Kier alpha value is -2.89. The number of fused-ring (bicyclic) bond motifs is 2. The number of ether oxygens (including phenoxy) is 2. The van der Waals surface area contributed by atoms with Gasteiger partial charge in [0, 0.05) is 31.9 Å². The normalized spacial score (nSPS) is 17.0. The Morgan fingerprint density at radius 1 is 1.17 bits per heavy atom. The molecule has 2 aromatic rings. The maximum atomic E-state index is 12.6. The number of para-hydroxylation sites is 3. The van der Waals surface area contributed by atoms with Gasteiger partial charge in [0.05, 0.1) is 6.54 Å². The lowest BCUT2D eigenvalue weighted by molar-refractivity contribution is 0.0676. The van der Waals surface area contributed by atoms with E-state index in [0.29, 0.717) is 26.2 Å². The lowest BCUT2D eigenvalue weighted by Gasteiger charge is -2.31. The van der Waals surface area contributed by atoms with Crippen LogP contribution in [0.4, 0.5) is 10.5 Å². The van der Waals surface area contributed by atoms with Crippen LogP contribution in [0.3, 0.4) is 0 Å². The van der Waals surface area contributed by atoms with Crippen LogP contribution >= 0.6 is 0 Å². The third-order valence-electron chi connectivity index (χ3n) is 5.52. The minimum Gasteiger partial charge on any atom is -0.486 e. The molecule has 0 aromatic heterocycles. The molecule has 6 heteroatoms. The Balaban J connectivity index is 1.21. The number of hydrogen-bond acceptors (Lipinski definition) is 4. The Bertz CT molecular complexity index is 842. The van der Waals surface area contributed by atoms with Crippen molar-refractivity contribution in [3.05, 3.63) is 54.1 Å². The predicted molar refractivity (Wildman–Crippen MR) is 114 cm³/mol. The van der Waals surface area contributed by atoms with Crippen molar-refractivity contribution in [3.8, 4) is 11.5 Å². The highest BCUT2D eigenvalue weighted by molar-refractivity contribution is 5.74. The summed E-state index contributed by atoms with van der Waals surface area (Å²) < 4.78 is 11.7. The van der Waals surface area contributed by atoms with Crippen LogP contribution in [0, 0.1) is 0 Å². The minimum absolute atomic E-state index is 0.0446. The standard InChI is InChI=1S/C23H29N3O3/c1-2-25(16-19-17-28-21-10-5-6-11-22(21)29-19)23(27)24-13-7-14-26-15-12-18-8-3-4-9-20(18)26/h3-6,8-11,19H,2,7,12-17H2,1H3,(H,24,27). The average molecular weight is 396 g/mol. The fourth-order valence-electron chi connectivity index (χ4n) is 3.97. The first kappa shape index (κ1) is 19.4. The lowest BCUT2D eigenvalue weighted by atomic mass is 10.2. The quantitative estimate of drug-likeness (QED) is 0.731. The molecule has 29 heavy (non-hydrogen) atoms. The third kappa shape index (κ3) is 4.58. The molecule has 154 valence electrons. The summed E-state index contributed by atoms with van der Waals surface area (Å²) >= 11 is 0. The van der Waals surface area contributed by atoms with Gasteiger partial charge in [0.25, 0.3) is 0 Å². The molecular formula is C23H29N3O3. The molecule has 0 bridgehead atoms. The summed E-state index contributed by atoms with van der Waals surface area (Å²) in [6.07, 6.45) is 1.88. The zero-order chi connectivity index (χ0) is 20.1. The Morgan fingerprint density at radius 2 is 1.97 bits per heavy atom. The van der Waals surface area contributed by atoms with E-state index in [1.165, 1.54) is 11.3 Å². The van der Waals surface area contributed by atoms with E-state index in [9.17, 15) is 4.79 Å². The summed E-state index contributed by atoms with van der Waals surface area (Å²) in [4.78, 5) is 16.8. The van der Waals surface area contributed by atoms with Gasteiger partial charge in [0.1, 0.15) is 6.61 Å². The maximum Gasteiger partial charge on any atom is 0.317 e. The fraction of sp³-hybridized carbons (Fsp3) is 0.435. The molecule has 2 heterocycles. The van der Waals surface area contributed by atoms with Crippen LogP contribution < -0.4 is 19.7 Å². The molecule has 0 saturated carbocycles. The van der Waals surface area contributed by atoms with Gasteiger partial charge in [-0.05, 0) is 43.5 Å². The van der Waals surface area contributed by atoms with Crippen molar-refractivity contribution in [3.63, 3.8) is 0 Å². The number of carbonyl (C=O) groups excluding carboxylic acids is 1. The first-order chi connectivity index (χ1) is 14.2. The minimum atomic E-state index is -0.156. The van der Waals surface area contributed by atoms with Crippen molar-refractivity contribution in [2.24, 2.45) is 0 Å². The molecule has 0 saturated heterocycles. The van der Waals surface area contributed by atoms with Crippen LogP contribution in [0.15, 0.2) is 48.5 Å². The molecule has 0 fully saturated rings. The van der Waals surface area contributed by atoms with Gasteiger partial charge in [-0.2, -0.15) is 0 Å². The van der Waals surface area contributed by atoms with Crippen molar-refractivity contribution in [1.82, 2.24) is 10.2 Å². The highest BCUT2D eigenvalue weighted by atomic mass is 16.6. The SMILES string of the molecule is CCN(CC1COc2ccccc2O1)C(=O)NCCCN1CCc2ccccc21. The van der Waals surface area contributed by atoms with Crippen LogP contribution in [0.2, 0.25) is 0 Å². The van der Waals surface area contributed by atoms with Crippen molar-refractivity contribution in [2.75, 3.05) is 44.2 Å². The molecule has 4 rings (SSSR count). The molecule has 2 aromatic carbocycles. The van der Waals surface area contributed by atoms with Crippen LogP contribution in [0.1, 0.15) is 18.9 Å². The number of amides is 2. The van der Waals surface area contributed by atoms with Gasteiger partial charge < -0.3 is 24.6 Å². The van der Waals surface area contributed by atoms with E-state index in [0.717, 1.165) is 37.4 Å². The number of likely N-dealkylation sites (N-methyl/N-ethyl adjacent to an activating group) is 1. The number of nitrogens with zero attached hydrogens (tertiary/aromatic N) is 2. The molecular weight excluding hydrogens is 366 g/mol. The summed E-state index contributed by atoms with van der Waals surface area (Å²) in [5.41, 5.74) is 2.76. The fourth-order valence-corrected chi connectivity index (χ4v) is 3.97. The van der Waals surface area contributed by atoms with Gasteiger partial charge in [0.15, 0.2) is 17.6 Å². The first-order valence-electron chi connectivity index (χ1n) is 10.5. The number of rotatable bonds is 7. The Labute approximate surface area is 172 Å². The molecule has 1 N–H and O–H groups in total. The molecule has 6 nitrogen and oxygen atoms in total. The molecule has 1 unspecified atom stereocenters. The number of hydrogen-bond donors (Lipinski definition) is 1. The Morgan fingerprint density at radius 3 is 2.83 bits per heavy atom. The van der Waals surface area contributed by atoms with Gasteiger partial charge in [-0.25, -0.2) is 4.79 Å². The maximum absolute atomic E-state index is 12.6. The monoisotopic (exact) mass is 395 g/mol. The van der Waals surface area contributed by atoms with Gasteiger partial charge >= 0.3 is 6.03 Å². The second-order valence-corrected chi connectivity index (χ2v) is 7.49. The average Bonchev–Trinajstić information content (AvgIpc) is 3.18. The summed E-state index contributed by atoms with van der Waals surface area (Å²) in [7, 11) is 0. The number of benzene rings is 2. The third-order valence-corrected chi connectivity index (χ3v) is 5.52. The highest BCUT2D eigenvalue weighted by Crippen LogP contribution is 2.31. The van der Waals surface area contributed by atoms with Gasteiger partial charge in [-0.1, -0.05) is 30.3 Å². The van der Waals surface area contributed by atoms with Crippen molar-refractivity contribution >= 4 is 11.7 Å². The highest BCUT2D eigenvalue weighted by Gasteiger charge is 2.24. The molecule has 2 amide bonds. The zero-order valence-electron chi connectivity index (χ0n) is 17.0. The second kappa shape index (κ2) is 9.07. The second-order valence-electron chi connectivity index (χ2n) is 7.49. The van der Waals surface area contributed by atoms with Gasteiger partial charge in [-0.3, -0.25) is 0 Å². The van der Waals surface area contributed by atoms with E-state index in [2.05, 4.69) is 34.5 Å². The lowest BCUT2D eigenvalue weighted by Crippen LogP contribution is -2.47. The Kier molecular flexibility index (Phi) is 6.08. The number of carbonyl (C=O) groups is 1. The van der Waals surface area contributed by atoms with E-state index < -0.39 is 0 Å². The zero-order valence-corrected chi connectivity index (χ0v) is 17.0. The van der Waals surface area contributed by atoms with Crippen LogP contribution in [-0.4, -0.2) is 56.4 Å². The van der Waals surface area contributed by atoms with Crippen molar-refractivity contribution in [1.29, 1.82) is 0 Å². The summed E-state index contributed by atoms with van der Waals surface area (Å²) in [6.45, 7) is 6.27. The van der Waals surface area contributed by atoms with Crippen molar-refractivity contribution < 1.29 is 14.3 Å². The number of anilines is 1. The van der Waals surface area contributed by atoms with Crippen LogP contribution in [0.25, 0.3) is 0 Å². The largest absolute Gasteiger partial charge is 0.486 e. The van der Waals surface area contributed by atoms with E-state index >= 15 is 0 Å². The van der Waals surface area contributed by atoms with E-state index in [4.69, 9.17) is 9.47 Å². The van der Waals surface area contributed by atoms with Crippen LogP contribution in [0.5, 0.6) is 11.5 Å². The van der Waals surface area contributed by atoms with Gasteiger partial charge in [0.2, 0.25) is 0 Å². The summed E-state index contributed by atoms with van der Waals surface area (Å²) in [5.74, 6) is 1.51. The molecule has 2 aliphatic rings. The predicted octanol–water partition coefficient (Wildman–Crippen LogP) is 3.31. The molecule has 0 radical (unpaired) electrons. The number of nitrogens with one attached hydrogen (secondary N) is 1. The molecule has 0 aliphatic carbocycles. The topological polar surface area (TPSA) is 54.0 Å². The first-order valence-corrected chi connectivity index (χ1v) is 10.5. The molecule has 2 aliphatic heterocycles. The summed E-state index contributed by atoms with van der Waals surface area (Å²) in [5, 5.41) is 3.05. The van der Waals surface area contributed by atoms with Crippen molar-refractivity contribution in [2.45, 2.75) is 25.9 Å². The number of urea groups is 1. The van der Waals surface area contributed by atoms with E-state index in [-0.39, 0.29) is 12.1 Å². The molecule has 1 atom stereocenters. The van der Waals surface area contributed by atoms with E-state index in [1.807, 2.05) is 31.2 Å². The molecule has 0 spiro atoms. The van der Waals surface area contributed by atoms with E-state index in [1.54, 1.807) is 4.90 Å². The smallest absolute Gasteiger partial charge is 0.317 e. The van der Waals surface area contributed by atoms with Gasteiger partial charge in [-0.15, -0.1) is 0 Å². The summed E-state index contributed by atoms with van der Waals surface area (Å²) in [6, 6.07) is 16.2.